The number of para-hydroxylation sites is 1. The molecule has 0 radical (unpaired) electrons. The lowest BCUT2D eigenvalue weighted by Crippen LogP contribution is -2.40. The lowest BCUT2D eigenvalue weighted by atomic mass is 9.93. The van der Waals surface area contributed by atoms with Crippen LogP contribution >= 0.6 is 11.3 Å². The number of rotatable bonds is 9. The molecular formula is C29H30N2O7S. The van der Waals surface area contributed by atoms with E-state index in [1.807, 2.05) is 6.92 Å². The van der Waals surface area contributed by atoms with Gasteiger partial charge in [0.15, 0.2) is 4.80 Å². The Morgan fingerprint density at radius 1 is 1.08 bits per heavy atom. The number of esters is 2. The van der Waals surface area contributed by atoms with Crippen LogP contribution in [0.2, 0.25) is 0 Å². The molecule has 3 aromatic rings. The van der Waals surface area contributed by atoms with Gasteiger partial charge in [-0.15, -0.1) is 0 Å². The molecule has 1 atom stereocenters. The van der Waals surface area contributed by atoms with E-state index in [4.69, 9.17) is 23.9 Å². The topological polar surface area (TPSA) is 105 Å². The molecule has 0 spiro atoms. The third kappa shape index (κ3) is 5.65. The number of aromatic nitrogens is 1. The highest BCUT2D eigenvalue weighted by molar-refractivity contribution is 7.07. The van der Waals surface area contributed by atoms with Crippen molar-refractivity contribution in [2.75, 3.05) is 20.8 Å². The number of allylic oxidation sites excluding steroid dienone is 1. The van der Waals surface area contributed by atoms with Gasteiger partial charge in [0.05, 0.1) is 36.6 Å². The van der Waals surface area contributed by atoms with Crippen LogP contribution in [-0.2, 0) is 14.3 Å². The Hall–Kier alpha value is -4.18. The molecule has 0 fully saturated rings. The molecule has 10 heteroatoms. The van der Waals surface area contributed by atoms with Gasteiger partial charge in [-0.25, -0.2) is 9.79 Å². The Bertz CT molecular complexity index is 1620. The highest BCUT2D eigenvalue weighted by atomic mass is 32.1. The van der Waals surface area contributed by atoms with Crippen molar-refractivity contribution in [3.63, 3.8) is 0 Å². The average Bonchev–Trinajstić information content (AvgIpc) is 3.23. The van der Waals surface area contributed by atoms with E-state index in [0.717, 1.165) is 6.42 Å². The summed E-state index contributed by atoms with van der Waals surface area (Å²) in [6, 6.07) is 11.3. The number of methoxy groups -OCH3 is 2. The number of hydrogen-bond donors (Lipinski definition) is 0. The predicted octanol–water partition coefficient (Wildman–Crippen LogP) is 3.52. The van der Waals surface area contributed by atoms with Crippen LogP contribution in [0.1, 0.15) is 50.8 Å². The zero-order valence-corrected chi connectivity index (χ0v) is 23.3. The van der Waals surface area contributed by atoms with Crippen molar-refractivity contribution in [2.24, 2.45) is 4.99 Å². The summed E-state index contributed by atoms with van der Waals surface area (Å²) in [7, 11) is 3.07. The van der Waals surface area contributed by atoms with Crippen LogP contribution in [0.3, 0.4) is 0 Å². The van der Waals surface area contributed by atoms with Crippen molar-refractivity contribution < 1.29 is 28.5 Å². The second kappa shape index (κ2) is 12.1. The molecule has 39 heavy (non-hydrogen) atoms. The van der Waals surface area contributed by atoms with Crippen LogP contribution < -0.4 is 29.1 Å². The van der Waals surface area contributed by atoms with E-state index in [2.05, 4.69) is 0 Å². The maximum atomic E-state index is 14.0. The summed E-state index contributed by atoms with van der Waals surface area (Å²) in [5.74, 6) is 0.344. The first kappa shape index (κ1) is 27.8. The largest absolute Gasteiger partial charge is 0.497 e. The Balaban J connectivity index is 2.05. The Morgan fingerprint density at radius 3 is 2.51 bits per heavy atom. The van der Waals surface area contributed by atoms with Gasteiger partial charge in [-0.3, -0.25) is 14.2 Å². The fourth-order valence-electron chi connectivity index (χ4n) is 4.46. The zero-order chi connectivity index (χ0) is 28.1. The quantitative estimate of drug-likeness (QED) is 0.297. The van der Waals surface area contributed by atoms with Crippen molar-refractivity contribution in [1.29, 1.82) is 0 Å². The Morgan fingerprint density at radius 2 is 1.85 bits per heavy atom. The minimum absolute atomic E-state index is 0.168. The highest BCUT2D eigenvalue weighted by Crippen LogP contribution is 2.38. The number of ether oxygens (including phenoxy) is 4. The maximum Gasteiger partial charge on any atom is 0.338 e. The summed E-state index contributed by atoms with van der Waals surface area (Å²) in [4.78, 5) is 44.2. The van der Waals surface area contributed by atoms with E-state index in [0.29, 0.717) is 49.8 Å². The smallest absolute Gasteiger partial charge is 0.338 e. The average molecular weight is 551 g/mol. The van der Waals surface area contributed by atoms with Crippen LogP contribution in [0.4, 0.5) is 0 Å². The minimum Gasteiger partial charge on any atom is -0.497 e. The molecule has 4 rings (SSSR count). The molecule has 2 aromatic carbocycles. The molecule has 204 valence electrons. The van der Waals surface area contributed by atoms with Gasteiger partial charge in [0, 0.05) is 18.1 Å². The SMILES string of the molecule is CCCC1=C(C(=O)OCC)[C@@H](c2cc(OC)ccc2OC)n2c(s/c(=C/c3ccccc3OC(C)=O)c2=O)=N1. The van der Waals surface area contributed by atoms with Crippen molar-refractivity contribution in [1.82, 2.24) is 4.57 Å². The molecule has 0 unspecified atom stereocenters. The number of nitrogens with zero attached hydrogens (tertiary/aromatic N) is 2. The number of carbonyl (C=O) groups excluding carboxylic acids is 2. The van der Waals surface area contributed by atoms with E-state index in [1.54, 1.807) is 62.6 Å². The van der Waals surface area contributed by atoms with E-state index in [9.17, 15) is 14.4 Å². The highest BCUT2D eigenvalue weighted by Gasteiger charge is 2.36. The fraction of sp³-hybridized carbons (Fsp3) is 0.310. The van der Waals surface area contributed by atoms with Gasteiger partial charge in [0.1, 0.15) is 23.3 Å². The van der Waals surface area contributed by atoms with Gasteiger partial charge in [-0.1, -0.05) is 42.9 Å². The second-order valence-corrected chi connectivity index (χ2v) is 9.66. The molecule has 1 aliphatic rings. The molecule has 0 aliphatic carbocycles. The summed E-state index contributed by atoms with van der Waals surface area (Å²) >= 11 is 1.19. The van der Waals surface area contributed by atoms with Gasteiger partial charge in [-0.2, -0.15) is 0 Å². The summed E-state index contributed by atoms with van der Waals surface area (Å²) in [6.45, 7) is 5.21. The molecule has 0 saturated carbocycles. The maximum absolute atomic E-state index is 14.0. The molecule has 0 saturated heterocycles. The second-order valence-electron chi connectivity index (χ2n) is 8.65. The molecule has 1 aromatic heterocycles. The number of benzene rings is 2. The van der Waals surface area contributed by atoms with Gasteiger partial charge in [-0.05, 0) is 43.7 Å². The summed E-state index contributed by atoms with van der Waals surface area (Å²) in [6.07, 6.45) is 2.90. The van der Waals surface area contributed by atoms with Crippen LogP contribution in [0.15, 0.2) is 63.5 Å². The first-order valence-corrected chi connectivity index (χ1v) is 13.4. The van der Waals surface area contributed by atoms with Crippen LogP contribution in [0, 0.1) is 0 Å². The number of carbonyl (C=O) groups is 2. The lowest BCUT2D eigenvalue weighted by Gasteiger charge is -2.27. The minimum atomic E-state index is -0.863. The molecule has 0 bridgehead atoms. The number of hydrogen-bond acceptors (Lipinski definition) is 9. The zero-order valence-electron chi connectivity index (χ0n) is 22.5. The van der Waals surface area contributed by atoms with Gasteiger partial charge in [0.2, 0.25) is 0 Å². The first-order valence-electron chi connectivity index (χ1n) is 12.5. The standard InChI is InChI=1S/C29H30N2O7S/c1-6-10-21-25(28(34)37-7-2)26(20-16-19(35-4)13-14-23(20)36-5)31-27(33)24(39-29(31)30-21)15-18-11-8-9-12-22(18)38-17(3)32/h8-9,11-16,26H,6-7,10H2,1-5H3/b24-15+/t26-/m1/s1. The van der Waals surface area contributed by atoms with E-state index in [-0.39, 0.29) is 17.7 Å². The normalized spacial score (nSPS) is 14.9. The summed E-state index contributed by atoms with van der Waals surface area (Å²) in [5.41, 5.74) is 1.61. The van der Waals surface area contributed by atoms with E-state index in [1.165, 1.54) is 29.9 Å². The number of fused-ring (bicyclic) bond motifs is 1. The van der Waals surface area contributed by atoms with E-state index < -0.39 is 18.0 Å². The predicted molar refractivity (Wildman–Crippen MR) is 147 cm³/mol. The van der Waals surface area contributed by atoms with Gasteiger partial charge >= 0.3 is 11.9 Å². The van der Waals surface area contributed by atoms with Crippen LogP contribution in [-0.4, -0.2) is 37.3 Å². The Kier molecular flexibility index (Phi) is 8.65. The number of thiazole rings is 1. The third-order valence-corrected chi connectivity index (χ3v) is 7.07. The van der Waals surface area contributed by atoms with Crippen LogP contribution in [0.5, 0.6) is 17.2 Å². The fourth-order valence-corrected chi connectivity index (χ4v) is 5.47. The molecule has 2 heterocycles. The lowest BCUT2D eigenvalue weighted by molar-refractivity contribution is -0.139. The molecule has 9 nitrogen and oxygen atoms in total. The summed E-state index contributed by atoms with van der Waals surface area (Å²) < 4.78 is 23.8. The van der Waals surface area contributed by atoms with Crippen molar-refractivity contribution >= 4 is 29.4 Å². The van der Waals surface area contributed by atoms with Gasteiger partial charge < -0.3 is 18.9 Å². The van der Waals surface area contributed by atoms with Gasteiger partial charge in [0.25, 0.3) is 5.56 Å². The third-order valence-electron chi connectivity index (χ3n) is 6.08. The molecule has 0 amide bonds. The molecular weight excluding hydrogens is 520 g/mol. The Labute approximate surface area is 229 Å². The van der Waals surface area contributed by atoms with E-state index >= 15 is 0 Å². The molecule has 0 N–H and O–H groups in total. The van der Waals surface area contributed by atoms with Crippen molar-refractivity contribution in [2.45, 2.75) is 39.7 Å². The van der Waals surface area contributed by atoms with Crippen LogP contribution in [0.25, 0.3) is 6.08 Å². The molecule has 1 aliphatic heterocycles. The van der Waals surface area contributed by atoms with Crippen molar-refractivity contribution in [3.8, 4) is 17.2 Å². The first-order chi connectivity index (χ1) is 18.8. The summed E-state index contributed by atoms with van der Waals surface area (Å²) in [5, 5.41) is 0. The monoisotopic (exact) mass is 550 g/mol. The van der Waals surface area contributed by atoms with Crippen molar-refractivity contribution in [3.05, 3.63) is 84.5 Å².